The zero-order valence-corrected chi connectivity index (χ0v) is 14.0. The van der Waals surface area contributed by atoms with Gasteiger partial charge in [0.05, 0.1) is 24.8 Å². The Kier molecular flexibility index (Phi) is 5.24. The Morgan fingerprint density at radius 1 is 1.17 bits per heavy atom. The van der Waals surface area contributed by atoms with Crippen LogP contribution in [0, 0.1) is 0 Å². The molecule has 1 heterocycles. The highest BCUT2D eigenvalue weighted by Gasteiger charge is 2.17. The number of sulfonamides is 1. The van der Waals surface area contributed by atoms with E-state index < -0.39 is 21.8 Å². The molecule has 0 saturated heterocycles. The molecule has 0 radical (unpaired) electrons. The Morgan fingerprint density at radius 2 is 1.88 bits per heavy atom. The first-order valence-corrected chi connectivity index (χ1v) is 8.80. The Balaban J connectivity index is 1.97. The lowest BCUT2D eigenvalue weighted by Gasteiger charge is -2.15. The van der Waals surface area contributed by atoms with Crippen LogP contribution in [-0.4, -0.2) is 45.0 Å². The van der Waals surface area contributed by atoms with Crippen LogP contribution in [0.25, 0.3) is 0 Å². The minimum atomic E-state index is -3.40. The average Bonchev–Trinajstić information content (AvgIpc) is 2.98. The van der Waals surface area contributed by atoms with Crippen molar-refractivity contribution in [2.75, 3.05) is 29.9 Å². The van der Waals surface area contributed by atoms with Gasteiger partial charge in [-0.25, -0.2) is 8.42 Å². The Hall–Kier alpha value is -2.81. The number of anilines is 2. The number of hydrogen-bond acceptors (Lipinski definition) is 5. The van der Waals surface area contributed by atoms with Crippen molar-refractivity contribution in [2.45, 2.75) is 0 Å². The molecule has 24 heavy (non-hydrogen) atoms. The molecule has 2 aromatic rings. The van der Waals surface area contributed by atoms with E-state index in [1.54, 1.807) is 24.3 Å². The molecule has 0 unspecified atom stereocenters. The van der Waals surface area contributed by atoms with Gasteiger partial charge in [0.25, 0.3) is 5.91 Å². The molecule has 2 rings (SSSR count). The number of benzene rings is 1. The molecule has 9 heteroatoms. The maximum Gasteiger partial charge on any atom is 0.289 e. The number of carbonyl (C=O) groups excluding carboxylic acids is 2. The molecule has 1 aromatic heterocycles. The number of furan rings is 1. The molecule has 0 fully saturated rings. The van der Waals surface area contributed by atoms with E-state index in [0.29, 0.717) is 11.4 Å². The summed E-state index contributed by atoms with van der Waals surface area (Å²) in [6.45, 7) is -0.177. The molecule has 0 bridgehead atoms. The molecule has 0 atom stereocenters. The van der Waals surface area contributed by atoms with E-state index in [2.05, 4.69) is 10.0 Å². The Labute approximate surface area is 139 Å². The van der Waals surface area contributed by atoms with E-state index in [1.807, 2.05) is 0 Å². The monoisotopic (exact) mass is 351 g/mol. The summed E-state index contributed by atoms with van der Waals surface area (Å²) in [5.41, 5.74) is 0.739. The number of hydrogen-bond donors (Lipinski definition) is 2. The van der Waals surface area contributed by atoms with Crippen LogP contribution in [-0.2, 0) is 14.8 Å². The van der Waals surface area contributed by atoms with Gasteiger partial charge in [0, 0.05) is 12.7 Å². The SMILES string of the molecule is CN(CC(=O)Nc1cccc(NS(C)(=O)=O)c1)C(=O)c1ccco1. The average molecular weight is 351 g/mol. The summed E-state index contributed by atoms with van der Waals surface area (Å²) in [6, 6.07) is 9.34. The zero-order valence-electron chi connectivity index (χ0n) is 13.1. The lowest BCUT2D eigenvalue weighted by atomic mass is 10.3. The number of carbonyl (C=O) groups is 2. The van der Waals surface area contributed by atoms with Crippen LogP contribution < -0.4 is 10.0 Å². The first-order valence-electron chi connectivity index (χ1n) is 6.91. The van der Waals surface area contributed by atoms with Gasteiger partial charge in [0.2, 0.25) is 15.9 Å². The molecule has 128 valence electrons. The highest BCUT2D eigenvalue weighted by atomic mass is 32.2. The summed E-state index contributed by atoms with van der Waals surface area (Å²) in [7, 11) is -1.93. The number of likely N-dealkylation sites (N-methyl/N-ethyl adjacent to an activating group) is 1. The Bertz CT molecular complexity index is 831. The van der Waals surface area contributed by atoms with Gasteiger partial charge in [0.15, 0.2) is 5.76 Å². The van der Waals surface area contributed by atoms with Crippen LogP contribution >= 0.6 is 0 Å². The fraction of sp³-hybridized carbons (Fsp3) is 0.200. The lowest BCUT2D eigenvalue weighted by Crippen LogP contribution is -2.34. The second kappa shape index (κ2) is 7.18. The predicted molar refractivity (Wildman–Crippen MR) is 89.2 cm³/mol. The summed E-state index contributed by atoms with van der Waals surface area (Å²) in [5.74, 6) is -0.693. The molecule has 8 nitrogen and oxygen atoms in total. The van der Waals surface area contributed by atoms with Crippen molar-refractivity contribution in [2.24, 2.45) is 0 Å². The van der Waals surface area contributed by atoms with Crippen LogP contribution in [0.1, 0.15) is 10.6 Å². The lowest BCUT2D eigenvalue weighted by molar-refractivity contribution is -0.116. The number of nitrogens with one attached hydrogen (secondary N) is 2. The van der Waals surface area contributed by atoms with Gasteiger partial charge in [-0.05, 0) is 30.3 Å². The smallest absolute Gasteiger partial charge is 0.289 e. The number of rotatable bonds is 6. The van der Waals surface area contributed by atoms with Crippen LogP contribution in [0.15, 0.2) is 47.1 Å². The molecule has 2 amide bonds. The molecule has 0 aliphatic rings. The van der Waals surface area contributed by atoms with Gasteiger partial charge in [-0.2, -0.15) is 0 Å². The third kappa shape index (κ3) is 5.13. The third-order valence-corrected chi connectivity index (χ3v) is 3.52. The van der Waals surface area contributed by atoms with Crippen molar-refractivity contribution in [1.29, 1.82) is 0 Å². The maximum atomic E-state index is 12.0. The third-order valence-electron chi connectivity index (χ3n) is 2.91. The van der Waals surface area contributed by atoms with Crippen LogP contribution in [0.2, 0.25) is 0 Å². The number of nitrogens with zero attached hydrogens (tertiary/aromatic N) is 1. The van der Waals surface area contributed by atoms with Crippen molar-refractivity contribution in [1.82, 2.24) is 4.90 Å². The summed E-state index contributed by atoms with van der Waals surface area (Å²) >= 11 is 0. The van der Waals surface area contributed by atoms with Crippen molar-refractivity contribution in [3.8, 4) is 0 Å². The molecule has 0 aliphatic heterocycles. The highest BCUT2D eigenvalue weighted by molar-refractivity contribution is 7.92. The van der Waals surface area contributed by atoms with Gasteiger partial charge < -0.3 is 14.6 Å². The summed E-state index contributed by atoms with van der Waals surface area (Å²) in [6.07, 6.45) is 2.41. The second-order valence-electron chi connectivity index (χ2n) is 5.14. The molecule has 1 aromatic carbocycles. The van der Waals surface area contributed by atoms with Gasteiger partial charge in [0.1, 0.15) is 0 Å². The van der Waals surface area contributed by atoms with E-state index >= 15 is 0 Å². The van der Waals surface area contributed by atoms with Gasteiger partial charge >= 0.3 is 0 Å². The minimum absolute atomic E-state index is 0.143. The summed E-state index contributed by atoms with van der Waals surface area (Å²) in [5, 5.41) is 2.60. The van der Waals surface area contributed by atoms with Crippen molar-refractivity contribution in [3.05, 3.63) is 48.4 Å². The van der Waals surface area contributed by atoms with Gasteiger partial charge in [-0.3, -0.25) is 14.3 Å². The van der Waals surface area contributed by atoms with Crippen molar-refractivity contribution >= 4 is 33.2 Å². The predicted octanol–water partition coefficient (Wildman–Crippen LogP) is 1.36. The number of amides is 2. The van der Waals surface area contributed by atoms with E-state index in [9.17, 15) is 18.0 Å². The van der Waals surface area contributed by atoms with E-state index in [0.717, 1.165) is 6.26 Å². The fourth-order valence-electron chi connectivity index (χ4n) is 1.95. The molecular weight excluding hydrogens is 334 g/mol. The zero-order chi connectivity index (χ0) is 17.7. The molecule has 0 saturated carbocycles. The molecule has 0 aliphatic carbocycles. The van der Waals surface area contributed by atoms with Crippen LogP contribution in [0.5, 0.6) is 0 Å². The topological polar surface area (TPSA) is 109 Å². The second-order valence-corrected chi connectivity index (χ2v) is 6.89. The van der Waals surface area contributed by atoms with E-state index in [4.69, 9.17) is 4.42 Å². The quantitative estimate of drug-likeness (QED) is 0.817. The van der Waals surface area contributed by atoms with Gasteiger partial charge in [-0.1, -0.05) is 6.07 Å². The first kappa shape index (κ1) is 17.5. The first-order chi connectivity index (χ1) is 11.2. The highest BCUT2D eigenvalue weighted by Crippen LogP contribution is 2.16. The summed E-state index contributed by atoms with van der Waals surface area (Å²) < 4.78 is 29.7. The van der Waals surface area contributed by atoms with E-state index in [-0.39, 0.29) is 12.3 Å². The van der Waals surface area contributed by atoms with Crippen molar-refractivity contribution in [3.63, 3.8) is 0 Å². The standard InChI is InChI=1S/C15H17N3O5S/c1-18(15(20)13-7-4-8-23-13)10-14(19)16-11-5-3-6-12(9-11)17-24(2,21)22/h3-9,17H,10H2,1-2H3,(H,16,19). The van der Waals surface area contributed by atoms with Crippen LogP contribution in [0.3, 0.4) is 0 Å². The van der Waals surface area contributed by atoms with Crippen molar-refractivity contribution < 1.29 is 22.4 Å². The molecular formula is C15H17N3O5S. The minimum Gasteiger partial charge on any atom is -0.459 e. The van der Waals surface area contributed by atoms with Gasteiger partial charge in [-0.15, -0.1) is 0 Å². The Morgan fingerprint density at radius 3 is 2.50 bits per heavy atom. The summed E-state index contributed by atoms with van der Waals surface area (Å²) in [4.78, 5) is 25.2. The van der Waals surface area contributed by atoms with E-state index in [1.165, 1.54) is 30.3 Å². The molecule has 2 N–H and O–H groups in total. The van der Waals surface area contributed by atoms with Crippen LogP contribution in [0.4, 0.5) is 11.4 Å². The largest absolute Gasteiger partial charge is 0.459 e. The maximum absolute atomic E-state index is 12.0. The normalized spacial score (nSPS) is 10.9. The molecule has 0 spiro atoms. The fourth-order valence-corrected chi connectivity index (χ4v) is 2.51.